The zero-order valence-electron chi connectivity index (χ0n) is 20.7. The predicted molar refractivity (Wildman–Crippen MR) is 134 cm³/mol. The Labute approximate surface area is 195 Å². The maximum atomic E-state index is 11.1. The number of hydrogen-bond donors (Lipinski definition) is 1. The van der Waals surface area contributed by atoms with Crippen molar-refractivity contribution >= 4 is 10.9 Å². The van der Waals surface area contributed by atoms with Crippen LogP contribution in [-0.2, 0) is 0 Å². The van der Waals surface area contributed by atoms with Crippen molar-refractivity contribution < 1.29 is 9.84 Å². The average molecular weight is 441 g/mol. The van der Waals surface area contributed by atoms with Crippen LogP contribution in [0, 0.1) is 17.8 Å². The molecule has 3 atom stereocenters. The number of likely N-dealkylation sites (tertiary alicyclic amines) is 1. The third kappa shape index (κ3) is 6.92. The summed E-state index contributed by atoms with van der Waals surface area (Å²) in [6, 6.07) is 8.04. The molecule has 0 amide bonds. The summed E-state index contributed by atoms with van der Waals surface area (Å²) >= 11 is 0. The van der Waals surface area contributed by atoms with Gasteiger partial charge in [0.2, 0.25) is 0 Å². The molecule has 178 valence electrons. The summed E-state index contributed by atoms with van der Waals surface area (Å²) in [7, 11) is 0. The van der Waals surface area contributed by atoms with Crippen molar-refractivity contribution in [2.45, 2.75) is 78.7 Å². The van der Waals surface area contributed by atoms with Gasteiger partial charge in [-0.05, 0) is 92.8 Å². The van der Waals surface area contributed by atoms with Crippen molar-refractivity contribution in [2.24, 2.45) is 17.8 Å². The molecule has 0 radical (unpaired) electrons. The normalized spacial score (nSPS) is 20.7. The Morgan fingerprint density at radius 3 is 2.75 bits per heavy atom. The predicted octanol–water partition coefficient (Wildman–Crippen LogP) is 6.62. The number of nitrogens with zero attached hydrogens (tertiary/aromatic N) is 2. The van der Waals surface area contributed by atoms with E-state index >= 15 is 0 Å². The van der Waals surface area contributed by atoms with Crippen molar-refractivity contribution in [3.05, 3.63) is 36.0 Å². The van der Waals surface area contributed by atoms with Crippen LogP contribution in [-0.4, -0.2) is 41.2 Å². The molecule has 1 aliphatic heterocycles. The van der Waals surface area contributed by atoms with E-state index in [0.29, 0.717) is 5.92 Å². The molecule has 0 saturated carbocycles. The van der Waals surface area contributed by atoms with Gasteiger partial charge < -0.3 is 14.7 Å². The van der Waals surface area contributed by atoms with Crippen LogP contribution in [0.2, 0.25) is 0 Å². The minimum atomic E-state index is -0.456. The molecule has 1 aromatic heterocycles. The summed E-state index contributed by atoms with van der Waals surface area (Å²) in [5, 5.41) is 12.2. The first-order chi connectivity index (χ1) is 15.5. The zero-order chi connectivity index (χ0) is 22.9. The Kier molecular flexibility index (Phi) is 9.80. The highest BCUT2D eigenvalue weighted by Gasteiger charge is 2.28. The largest absolute Gasteiger partial charge is 0.494 e. The lowest BCUT2D eigenvalue weighted by Gasteiger charge is -2.38. The van der Waals surface area contributed by atoms with Crippen LogP contribution in [0.15, 0.2) is 30.5 Å². The monoisotopic (exact) mass is 440 g/mol. The van der Waals surface area contributed by atoms with Crippen LogP contribution in [0.25, 0.3) is 10.9 Å². The maximum absolute atomic E-state index is 11.1. The smallest absolute Gasteiger partial charge is 0.120 e. The highest BCUT2D eigenvalue weighted by atomic mass is 16.5. The molecule has 1 fully saturated rings. The van der Waals surface area contributed by atoms with Crippen LogP contribution in [0.1, 0.15) is 84.3 Å². The van der Waals surface area contributed by atoms with Crippen molar-refractivity contribution in [3.8, 4) is 5.75 Å². The minimum absolute atomic E-state index is 0.456. The highest BCUT2D eigenvalue weighted by Crippen LogP contribution is 2.34. The van der Waals surface area contributed by atoms with E-state index in [0.717, 1.165) is 59.9 Å². The molecule has 1 saturated heterocycles. The molecule has 4 heteroatoms. The molecule has 1 N–H and O–H groups in total. The molecule has 4 nitrogen and oxygen atoms in total. The van der Waals surface area contributed by atoms with E-state index in [1.165, 1.54) is 45.3 Å². The lowest BCUT2D eigenvalue weighted by Crippen LogP contribution is -2.40. The third-order valence-electron chi connectivity index (χ3n) is 7.21. The summed E-state index contributed by atoms with van der Waals surface area (Å²) < 4.78 is 5.97. The molecular weight excluding hydrogens is 396 g/mol. The third-order valence-corrected chi connectivity index (χ3v) is 7.21. The number of ether oxygens (including phenoxy) is 1. The van der Waals surface area contributed by atoms with Gasteiger partial charge in [0.15, 0.2) is 0 Å². The Bertz CT molecular complexity index is 822. The van der Waals surface area contributed by atoms with Crippen molar-refractivity contribution in [3.63, 3.8) is 0 Å². The van der Waals surface area contributed by atoms with Gasteiger partial charge in [0.25, 0.3) is 0 Å². The van der Waals surface area contributed by atoms with Gasteiger partial charge in [-0.3, -0.25) is 4.98 Å². The number of pyridine rings is 1. The molecule has 1 aliphatic rings. The fourth-order valence-electron chi connectivity index (χ4n) is 5.05. The van der Waals surface area contributed by atoms with E-state index in [4.69, 9.17) is 4.74 Å². The van der Waals surface area contributed by atoms with Gasteiger partial charge in [-0.25, -0.2) is 0 Å². The fourth-order valence-corrected chi connectivity index (χ4v) is 5.05. The second-order valence-corrected chi connectivity index (χ2v) is 10.1. The van der Waals surface area contributed by atoms with Crippen LogP contribution in [0.5, 0.6) is 5.75 Å². The number of hydrogen-bond acceptors (Lipinski definition) is 4. The van der Waals surface area contributed by atoms with Gasteiger partial charge >= 0.3 is 0 Å². The molecule has 2 aromatic rings. The Morgan fingerprint density at radius 1 is 1.16 bits per heavy atom. The topological polar surface area (TPSA) is 45.6 Å². The van der Waals surface area contributed by atoms with Crippen LogP contribution >= 0.6 is 0 Å². The number of piperidine rings is 1. The quantitative estimate of drug-likeness (QED) is 0.403. The van der Waals surface area contributed by atoms with Gasteiger partial charge in [0.05, 0.1) is 18.2 Å². The van der Waals surface area contributed by atoms with Crippen molar-refractivity contribution in [1.29, 1.82) is 0 Å². The van der Waals surface area contributed by atoms with Gasteiger partial charge in [-0.15, -0.1) is 0 Å². The molecule has 0 spiro atoms. The Hall–Kier alpha value is -1.65. The Morgan fingerprint density at radius 2 is 2.00 bits per heavy atom. The average Bonchev–Trinajstić information content (AvgIpc) is 2.80. The second kappa shape index (κ2) is 12.6. The maximum Gasteiger partial charge on any atom is 0.120 e. The zero-order valence-corrected chi connectivity index (χ0v) is 20.7. The van der Waals surface area contributed by atoms with Crippen molar-refractivity contribution in [1.82, 2.24) is 9.88 Å². The Balaban J connectivity index is 1.62. The molecule has 32 heavy (non-hydrogen) atoms. The standard InChI is InChI=1S/C28H44N2O2/c1-5-7-16-30-17-13-23(22(6-2)20-30)8-11-28(31)25-12-15-29-27-10-9-24(19-26(25)27)32-18-14-21(3)4/h9-10,12,15,19,21-23,28,31H,5-8,11,13-14,16-18,20H2,1-4H3/t22-,23+,28?/m0/s1. The summed E-state index contributed by atoms with van der Waals surface area (Å²) in [6.45, 7) is 13.4. The molecule has 2 heterocycles. The molecule has 3 rings (SSSR count). The minimum Gasteiger partial charge on any atom is -0.494 e. The number of unbranched alkanes of at least 4 members (excludes halogenated alkanes) is 1. The van der Waals surface area contributed by atoms with Gasteiger partial charge in [0, 0.05) is 18.1 Å². The van der Waals surface area contributed by atoms with E-state index in [1.807, 2.05) is 24.4 Å². The fraction of sp³-hybridized carbons (Fsp3) is 0.679. The van der Waals surface area contributed by atoms with E-state index < -0.39 is 6.10 Å². The molecule has 0 aliphatic carbocycles. The first-order valence-corrected chi connectivity index (χ1v) is 12.9. The summed E-state index contributed by atoms with van der Waals surface area (Å²) in [5.41, 5.74) is 1.91. The number of rotatable bonds is 12. The first kappa shape index (κ1) is 25.0. The van der Waals surface area contributed by atoms with Gasteiger partial charge in [-0.1, -0.05) is 40.5 Å². The molecule has 1 unspecified atom stereocenters. The highest BCUT2D eigenvalue weighted by molar-refractivity contribution is 5.83. The summed E-state index contributed by atoms with van der Waals surface area (Å²) in [5.74, 6) is 2.96. The van der Waals surface area contributed by atoms with Crippen LogP contribution in [0.3, 0.4) is 0 Å². The van der Waals surface area contributed by atoms with E-state index in [2.05, 4.69) is 43.6 Å². The first-order valence-electron chi connectivity index (χ1n) is 12.9. The summed E-state index contributed by atoms with van der Waals surface area (Å²) in [6.07, 6.45) is 9.38. The molecule has 1 aromatic carbocycles. The van der Waals surface area contributed by atoms with Gasteiger partial charge in [0.1, 0.15) is 5.75 Å². The molecule has 0 bridgehead atoms. The van der Waals surface area contributed by atoms with Crippen LogP contribution in [0.4, 0.5) is 0 Å². The summed E-state index contributed by atoms with van der Waals surface area (Å²) in [4.78, 5) is 7.16. The lowest BCUT2D eigenvalue weighted by atomic mass is 9.80. The second-order valence-electron chi connectivity index (χ2n) is 10.1. The number of aliphatic hydroxyl groups excluding tert-OH is 1. The number of aliphatic hydroxyl groups is 1. The number of benzene rings is 1. The van der Waals surface area contributed by atoms with Crippen LogP contribution < -0.4 is 4.74 Å². The van der Waals surface area contributed by atoms with E-state index in [-0.39, 0.29) is 0 Å². The van der Waals surface area contributed by atoms with Gasteiger partial charge in [-0.2, -0.15) is 0 Å². The SMILES string of the molecule is CCCCN1CC[C@@H](CCC(O)c2ccnc3ccc(OCCC(C)C)cc23)[C@@H](CC)C1. The number of aromatic nitrogens is 1. The number of fused-ring (bicyclic) bond motifs is 1. The van der Waals surface area contributed by atoms with E-state index in [9.17, 15) is 5.11 Å². The van der Waals surface area contributed by atoms with E-state index in [1.54, 1.807) is 0 Å². The molecular formula is C28H44N2O2. The van der Waals surface area contributed by atoms with Crippen molar-refractivity contribution in [2.75, 3.05) is 26.2 Å². The lowest BCUT2D eigenvalue weighted by molar-refractivity contribution is 0.0906.